The Labute approximate surface area is 92.9 Å². The van der Waals surface area contributed by atoms with E-state index in [1.807, 2.05) is 11.0 Å². The number of nitriles is 1. The SMILES string of the molecule is N#Cc1nccnc1N1CCNC(=O)CC1. The number of anilines is 1. The monoisotopic (exact) mass is 217 g/mol. The molecule has 0 aliphatic carbocycles. The molecule has 2 heterocycles. The van der Waals surface area contributed by atoms with Crippen molar-refractivity contribution < 1.29 is 4.79 Å². The Hall–Kier alpha value is -2.16. The molecule has 0 saturated carbocycles. The van der Waals surface area contributed by atoms with E-state index in [2.05, 4.69) is 15.3 Å². The molecular formula is C10H11N5O. The third-order valence-electron chi connectivity index (χ3n) is 2.40. The molecule has 0 unspecified atom stereocenters. The highest BCUT2D eigenvalue weighted by molar-refractivity contribution is 5.77. The third-order valence-corrected chi connectivity index (χ3v) is 2.40. The van der Waals surface area contributed by atoms with Gasteiger partial charge in [-0.05, 0) is 0 Å². The van der Waals surface area contributed by atoms with Crippen LogP contribution in [0.3, 0.4) is 0 Å². The first-order valence-corrected chi connectivity index (χ1v) is 5.04. The molecular weight excluding hydrogens is 206 g/mol. The lowest BCUT2D eigenvalue weighted by molar-refractivity contribution is -0.120. The van der Waals surface area contributed by atoms with E-state index < -0.39 is 0 Å². The van der Waals surface area contributed by atoms with Crippen molar-refractivity contribution in [3.05, 3.63) is 18.1 Å². The van der Waals surface area contributed by atoms with Gasteiger partial charge in [0.15, 0.2) is 11.5 Å². The number of nitrogens with zero attached hydrogens (tertiary/aromatic N) is 4. The summed E-state index contributed by atoms with van der Waals surface area (Å²) < 4.78 is 0. The number of hydrogen-bond donors (Lipinski definition) is 1. The first-order valence-electron chi connectivity index (χ1n) is 5.04. The topological polar surface area (TPSA) is 81.9 Å². The first-order chi connectivity index (χ1) is 7.81. The highest BCUT2D eigenvalue weighted by Gasteiger charge is 2.17. The second-order valence-corrected chi connectivity index (χ2v) is 3.43. The third kappa shape index (κ3) is 2.08. The summed E-state index contributed by atoms with van der Waals surface area (Å²) in [5.41, 5.74) is 0.303. The second kappa shape index (κ2) is 4.57. The van der Waals surface area contributed by atoms with Gasteiger partial charge in [-0.15, -0.1) is 0 Å². The van der Waals surface area contributed by atoms with Crippen LogP contribution < -0.4 is 10.2 Å². The molecule has 0 bridgehead atoms. The fourth-order valence-corrected chi connectivity index (χ4v) is 1.62. The summed E-state index contributed by atoms with van der Waals surface area (Å²) >= 11 is 0. The summed E-state index contributed by atoms with van der Waals surface area (Å²) in [5.74, 6) is 0.589. The van der Waals surface area contributed by atoms with Gasteiger partial charge >= 0.3 is 0 Å². The Kier molecular flexibility index (Phi) is 2.96. The van der Waals surface area contributed by atoms with Crippen LogP contribution in [0.5, 0.6) is 0 Å². The predicted molar refractivity (Wildman–Crippen MR) is 56.6 cm³/mol. The summed E-state index contributed by atoms with van der Waals surface area (Å²) in [6.45, 7) is 1.79. The molecule has 0 aromatic carbocycles. The van der Waals surface area contributed by atoms with Crippen molar-refractivity contribution in [3.63, 3.8) is 0 Å². The van der Waals surface area contributed by atoms with Crippen LogP contribution in [0.2, 0.25) is 0 Å². The van der Waals surface area contributed by atoms with Crippen molar-refractivity contribution in [2.75, 3.05) is 24.5 Å². The van der Waals surface area contributed by atoms with E-state index in [1.54, 1.807) is 6.20 Å². The van der Waals surface area contributed by atoms with Gasteiger partial charge in [-0.25, -0.2) is 9.97 Å². The quantitative estimate of drug-likeness (QED) is 0.696. The minimum absolute atomic E-state index is 0.0323. The molecule has 0 radical (unpaired) electrons. The Morgan fingerprint density at radius 2 is 2.19 bits per heavy atom. The van der Waals surface area contributed by atoms with Crippen molar-refractivity contribution in [2.24, 2.45) is 0 Å². The summed E-state index contributed by atoms with van der Waals surface area (Å²) in [7, 11) is 0. The Morgan fingerprint density at radius 1 is 1.38 bits per heavy atom. The lowest BCUT2D eigenvalue weighted by atomic mass is 10.3. The average Bonchev–Trinajstić information content (AvgIpc) is 2.54. The maximum Gasteiger partial charge on any atom is 0.221 e. The predicted octanol–water partition coefficient (Wildman–Crippen LogP) is -0.325. The van der Waals surface area contributed by atoms with Gasteiger partial charge in [0.2, 0.25) is 5.91 Å². The zero-order chi connectivity index (χ0) is 11.4. The van der Waals surface area contributed by atoms with E-state index in [-0.39, 0.29) is 5.91 Å². The van der Waals surface area contributed by atoms with Crippen molar-refractivity contribution in [3.8, 4) is 6.07 Å². The molecule has 2 rings (SSSR count). The molecule has 1 aromatic heterocycles. The molecule has 6 nitrogen and oxygen atoms in total. The van der Waals surface area contributed by atoms with Crippen LogP contribution in [0.25, 0.3) is 0 Å². The molecule has 16 heavy (non-hydrogen) atoms. The summed E-state index contributed by atoms with van der Waals surface area (Å²) in [4.78, 5) is 21.2. The van der Waals surface area contributed by atoms with Crippen molar-refractivity contribution in [2.45, 2.75) is 6.42 Å². The lowest BCUT2D eigenvalue weighted by Crippen LogP contribution is -2.29. The fraction of sp³-hybridized carbons (Fsp3) is 0.400. The van der Waals surface area contributed by atoms with Gasteiger partial charge < -0.3 is 10.2 Å². The summed E-state index contributed by atoms with van der Waals surface area (Å²) in [6, 6.07) is 2.00. The van der Waals surface area contributed by atoms with Crippen LogP contribution in [0.4, 0.5) is 5.82 Å². The van der Waals surface area contributed by atoms with E-state index in [4.69, 9.17) is 5.26 Å². The number of nitrogens with one attached hydrogen (secondary N) is 1. The second-order valence-electron chi connectivity index (χ2n) is 3.43. The van der Waals surface area contributed by atoms with E-state index >= 15 is 0 Å². The molecule has 1 saturated heterocycles. The van der Waals surface area contributed by atoms with Crippen molar-refractivity contribution >= 4 is 11.7 Å². The first kappa shape index (κ1) is 10.4. The maximum absolute atomic E-state index is 11.2. The molecule has 0 atom stereocenters. The zero-order valence-corrected chi connectivity index (χ0v) is 8.68. The minimum atomic E-state index is 0.0323. The number of rotatable bonds is 1. The molecule has 1 aliphatic heterocycles. The maximum atomic E-state index is 11.2. The zero-order valence-electron chi connectivity index (χ0n) is 8.68. The number of amides is 1. The number of carbonyl (C=O) groups excluding carboxylic acids is 1. The van der Waals surface area contributed by atoms with Crippen LogP contribution in [-0.2, 0) is 4.79 Å². The van der Waals surface area contributed by atoms with E-state index in [9.17, 15) is 4.79 Å². The van der Waals surface area contributed by atoms with Crippen LogP contribution in [0.15, 0.2) is 12.4 Å². The van der Waals surface area contributed by atoms with Gasteiger partial charge in [-0.3, -0.25) is 4.79 Å². The smallest absolute Gasteiger partial charge is 0.221 e. The lowest BCUT2D eigenvalue weighted by Gasteiger charge is -2.20. The van der Waals surface area contributed by atoms with Crippen LogP contribution >= 0.6 is 0 Å². The standard InChI is InChI=1S/C10H11N5O/c11-7-8-10(14-3-2-12-8)15-5-1-9(16)13-4-6-15/h2-3H,1,4-6H2,(H,13,16). The van der Waals surface area contributed by atoms with Crippen molar-refractivity contribution in [1.82, 2.24) is 15.3 Å². The number of aromatic nitrogens is 2. The Morgan fingerprint density at radius 3 is 3.00 bits per heavy atom. The van der Waals surface area contributed by atoms with Crippen LogP contribution in [-0.4, -0.2) is 35.5 Å². The summed E-state index contributed by atoms with van der Waals surface area (Å²) in [5, 5.41) is 11.7. The highest BCUT2D eigenvalue weighted by atomic mass is 16.1. The largest absolute Gasteiger partial charge is 0.354 e. The molecule has 1 fully saturated rings. The fourth-order valence-electron chi connectivity index (χ4n) is 1.62. The molecule has 1 amide bonds. The van der Waals surface area contributed by atoms with E-state index in [0.717, 1.165) is 0 Å². The Balaban J connectivity index is 2.23. The van der Waals surface area contributed by atoms with Gasteiger partial charge in [0.1, 0.15) is 6.07 Å². The van der Waals surface area contributed by atoms with Gasteiger partial charge in [-0.1, -0.05) is 0 Å². The van der Waals surface area contributed by atoms with E-state index in [1.165, 1.54) is 6.20 Å². The number of carbonyl (C=O) groups is 1. The molecule has 1 N–H and O–H groups in total. The minimum Gasteiger partial charge on any atom is -0.354 e. The molecule has 6 heteroatoms. The van der Waals surface area contributed by atoms with Gasteiger partial charge in [-0.2, -0.15) is 5.26 Å². The van der Waals surface area contributed by atoms with E-state index in [0.29, 0.717) is 37.6 Å². The van der Waals surface area contributed by atoms with Gasteiger partial charge in [0.25, 0.3) is 0 Å². The average molecular weight is 217 g/mol. The molecule has 1 aliphatic rings. The molecule has 82 valence electrons. The van der Waals surface area contributed by atoms with Crippen LogP contribution in [0, 0.1) is 11.3 Å². The normalized spacial score (nSPS) is 16.2. The highest BCUT2D eigenvalue weighted by Crippen LogP contribution is 2.14. The molecule has 0 spiro atoms. The van der Waals surface area contributed by atoms with Gasteiger partial charge in [0.05, 0.1) is 0 Å². The summed E-state index contributed by atoms with van der Waals surface area (Å²) in [6.07, 6.45) is 3.46. The Bertz CT molecular complexity index is 439. The van der Waals surface area contributed by atoms with Crippen molar-refractivity contribution in [1.29, 1.82) is 5.26 Å². The van der Waals surface area contributed by atoms with Crippen LogP contribution in [0.1, 0.15) is 12.1 Å². The van der Waals surface area contributed by atoms with Gasteiger partial charge in [0, 0.05) is 38.4 Å². The number of hydrogen-bond acceptors (Lipinski definition) is 5. The molecule has 1 aromatic rings.